The van der Waals surface area contributed by atoms with Crippen LogP contribution in [0.4, 0.5) is 0 Å². The molecule has 0 fully saturated rings. The summed E-state index contributed by atoms with van der Waals surface area (Å²) in [6, 6.07) is 8.80. The zero-order valence-corrected chi connectivity index (χ0v) is 16.4. The van der Waals surface area contributed by atoms with Gasteiger partial charge < -0.3 is 19.1 Å². The van der Waals surface area contributed by atoms with Crippen molar-refractivity contribution in [3.8, 4) is 11.4 Å². The number of carbonyl (C=O) groups excluding carboxylic acids is 2. The first-order valence-electron chi connectivity index (χ1n) is 9.57. The van der Waals surface area contributed by atoms with Gasteiger partial charge in [0.2, 0.25) is 0 Å². The normalized spacial score (nSPS) is 19.1. The molecule has 0 bridgehead atoms. The molecule has 5 rings (SSSR count). The Bertz CT molecular complexity index is 1330. The van der Waals surface area contributed by atoms with Crippen molar-refractivity contribution >= 4 is 22.8 Å². The number of esters is 2. The van der Waals surface area contributed by atoms with E-state index in [-0.39, 0.29) is 36.3 Å². The molecule has 0 spiro atoms. The SMILES string of the molecule is CC[C@@]1(O)C(=O)OCc2c1cc1n(c2=O)Cc2c-1nc1ccccc1c2C(=O)OC. The number of hydrogen-bond acceptors (Lipinski definition) is 7. The van der Waals surface area contributed by atoms with Crippen LogP contribution in [0, 0.1) is 0 Å². The lowest BCUT2D eigenvalue weighted by atomic mass is 9.86. The van der Waals surface area contributed by atoms with Crippen LogP contribution in [0.25, 0.3) is 22.3 Å². The van der Waals surface area contributed by atoms with Crippen LogP contribution in [0.2, 0.25) is 0 Å². The highest BCUT2D eigenvalue weighted by Crippen LogP contribution is 2.40. The Labute approximate surface area is 170 Å². The minimum atomic E-state index is -1.90. The molecule has 0 radical (unpaired) electrons. The first-order valence-corrected chi connectivity index (χ1v) is 9.57. The number of carbonyl (C=O) groups is 2. The molecule has 0 unspecified atom stereocenters. The summed E-state index contributed by atoms with van der Waals surface area (Å²) in [6.45, 7) is 1.58. The molecular weight excluding hydrogens is 388 g/mol. The molecular formula is C22H18N2O6. The topological polar surface area (TPSA) is 108 Å². The molecule has 1 atom stereocenters. The number of ether oxygens (including phenoxy) is 2. The summed E-state index contributed by atoms with van der Waals surface area (Å²) in [5.41, 5.74) is 0.634. The third-order valence-corrected chi connectivity index (χ3v) is 5.98. The van der Waals surface area contributed by atoms with Crippen LogP contribution in [0.15, 0.2) is 35.1 Å². The number of pyridine rings is 2. The van der Waals surface area contributed by atoms with Crippen LogP contribution >= 0.6 is 0 Å². The number of para-hydroxylation sites is 1. The highest BCUT2D eigenvalue weighted by molar-refractivity contribution is 6.06. The molecule has 0 saturated carbocycles. The van der Waals surface area contributed by atoms with Gasteiger partial charge in [0.15, 0.2) is 5.60 Å². The van der Waals surface area contributed by atoms with Crippen molar-refractivity contribution in [2.24, 2.45) is 0 Å². The van der Waals surface area contributed by atoms with E-state index >= 15 is 0 Å². The zero-order chi connectivity index (χ0) is 21.2. The van der Waals surface area contributed by atoms with Gasteiger partial charge in [-0.25, -0.2) is 14.6 Å². The van der Waals surface area contributed by atoms with Crippen molar-refractivity contribution in [1.82, 2.24) is 9.55 Å². The Kier molecular flexibility index (Phi) is 3.85. The second-order valence-electron chi connectivity index (χ2n) is 7.43. The van der Waals surface area contributed by atoms with Crippen molar-refractivity contribution in [2.75, 3.05) is 7.11 Å². The lowest BCUT2D eigenvalue weighted by molar-refractivity contribution is -0.172. The minimum absolute atomic E-state index is 0.0626. The molecule has 30 heavy (non-hydrogen) atoms. The molecule has 1 aromatic carbocycles. The third kappa shape index (κ3) is 2.25. The lowest BCUT2D eigenvalue weighted by Crippen LogP contribution is -2.44. The highest BCUT2D eigenvalue weighted by Gasteiger charge is 2.45. The summed E-state index contributed by atoms with van der Waals surface area (Å²) in [4.78, 5) is 42.8. The molecule has 1 N–H and O–H groups in total. The number of aromatic nitrogens is 2. The second-order valence-corrected chi connectivity index (χ2v) is 7.43. The largest absolute Gasteiger partial charge is 0.465 e. The molecule has 2 aromatic heterocycles. The maximum Gasteiger partial charge on any atom is 0.343 e. The predicted molar refractivity (Wildman–Crippen MR) is 106 cm³/mol. The quantitative estimate of drug-likeness (QED) is 0.506. The summed E-state index contributed by atoms with van der Waals surface area (Å²) in [6.07, 6.45) is 0.0626. The molecule has 2 aliphatic heterocycles. The van der Waals surface area contributed by atoms with Crippen molar-refractivity contribution < 1.29 is 24.2 Å². The number of aliphatic hydroxyl groups is 1. The lowest BCUT2D eigenvalue weighted by Gasteiger charge is -2.31. The van der Waals surface area contributed by atoms with Crippen molar-refractivity contribution in [3.63, 3.8) is 0 Å². The summed E-state index contributed by atoms with van der Waals surface area (Å²) in [7, 11) is 1.31. The van der Waals surface area contributed by atoms with Gasteiger partial charge in [0.25, 0.3) is 5.56 Å². The number of cyclic esters (lactones) is 1. The Morgan fingerprint density at radius 3 is 2.80 bits per heavy atom. The first-order chi connectivity index (χ1) is 14.4. The van der Waals surface area contributed by atoms with E-state index in [4.69, 9.17) is 14.5 Å². The summed E-state index contributed by atoms with van der Waals surface area (Å²) < 4.78 is 11.6. The van der Waals surface area contributed by atoms with Gasteiger partial charge in [-0.1, -0.05) is 25.1 Å². The number of rotatable bonds is 2. The average molecular weight is 406 g/mol. The molecule has 152 valence electrons. The zero-order valence-electron chi connectivity index (χ0n) is 16.4. The first kappa shape index (κ1) is 18.5. The van der Waals surface area contributed by atoms with E-state index in [0.717, 1.165) is 0 Å². The number of benzene rings is 1. The Hall–Kier alpha value is -3.52. The average Bonchev–Trinajstić information content (AvgIpc) is 3.13. The van der Waals surface area contributed by atoms with Gasteiger partial charge in [0.1, 0.15) is 6.61 Å². The van der Waals surface area contributed by atoms with E-state index in [1.807, 2.05) is 6.07 Å². The van der Waals surface area contributed by atoms with Gasteiger partial charge in [-0.05, 0) is 18.6 Å². The van der Waals surface area contributed by atoms with Gasteiger partial charge in [0, 0.05) is 16.5 Å². The number of fused-ring (bicyclic) bond motifs is 5. The monoisotopic (exact) mass is 406 g/mol. The van der Waals surface area contributed by atoms with Crippen LogP contribution in [0.3, 0.4) is 0 Å². The smallest absolute Gasteiger partial charge is 0.343 e. The maximum atomic E-state index is 13.2. The van der Waals surface area contributed by atoms with E-state index in [1.165, 1.54) is 11.7 Å². The fraction of sp³-hybridized carbons (Fsp3) is 0.273. The summed E-state index contributed by atoms with van der Waals surface area (Å²) >= 11 is 0. The molecule has 2 aliphatic rings. The predicted octanol–water partition coefficient (Wildman–Crippen LogP) is 1.87. The van der Waals surface area contributed by atoms with Gasteiger partial charge >= 0.3 is 11.9 Å². The fourth-order valence-electron chi connectivity index (χ4n) is 4.36. The van der Waals surface area contributed by atoms with Crippen LogP contribution in [-0.4, -0.2) is 33.7 Å². The summed E-state index contributed by atoms with van der Waals surface area (Å²) in [5, 5.41) is 11.6. The van der Waals surface area contributed by atoms with Crippen LogP contribution in [0.1, 0.15) is 40.4 Å². The van der Waals surface area contributed by atoms with Crippen molar-refractivity contribution in [3.05, 3.63) is 62.9 Å². The number of methoxy groups -OCH3 is 1. The van der Waals surface area contributed by atoms with E-state index in [2.05, 4.69) is 0 Å². The molecule has 8 heteroatoms. The van der Waals surface area contributed by atoms with E-state index in [1.54, 1.807) is 31.2 Å². The van der Waals surface area contributed by atoms with Gasteiger partial charge in [-0.15, -0.1) is 0 Å². The van der Waals surface area contributed by atoms with Gasteiger partial charge in [0.05, 0.1) is 41.7 Å². The molecule has 0 amide bonds. The third-order valence-electron chi connectivity index (χ3n) is 5.98. The molecule has 3 aromatic rings. The summed E-state index contributed by atoms with van der Waals surface area (Å²) in [5.74, 6) is -1.29. The van der Waals surface area contributed by atoms with Crippen molar-refractivity contribution in [1.29, 1.82) is 0 Å². The molecule has 0 aliphatic carbocycles. The second kappa shape index (κ2) is 6.24. The van der Waals surface area contributed by atoms with Gasteiger partial charge in [-0.3, -0.25) is 4.79 Å². The fourth-order valence-corrected chi connectivity index (χ4v) is 4.36. The van der Waals surface area contributed by atoms with Crippen molar-refractivity contribution in [2.45, 2.75) is 32.1 Å². The Morgan fingerprint density at radius 1 is 1.30 bits per heavy atom. The highest BCUT2D eigenvalue weighted by atomic mass is 16.6. The van der Waals surface area contributed by atoms with E-state index < -0.39 is 17.5 Å². The van der Waals surface area contributed by atoms with Crippen LogP contribution in [-0.2, 0) is 33.0 Å². The number of hydrogen-bond donors (Lipinski definition) is 1. The Morgan fingerprint density at radius 2 is 2.07 bits per heavy atom. The molecule has 4 heterocycles. The number of nitrogens with zero attached hydrogens (tertiary/aromatic N) is 2. The van der Waals surface area contributed by atoms with E-state index in [0.29, 0.717) is 33.4 Å². The van der Waals surface area contributed by atoms with Crippen LogP contribution in [0.5, 0.6) is 0 Å². The standard InChI is InChI=1S/C22H18N2O6/c1-3-22(28)14-8-16-18-12(9-24(16)19(25)13(14)10-30-21(22)27)17(20(26)29-2)11-6-4-5-7-15(11)23-18/h4-8,28H,3,9-10H2,1-2H3/t22-/m0/s1. The van der Waals surface area contributed by atoms with Gasteiger partial charge in [-0.2, -0.15) is 0 Å². The maximum absolute atomic E-state index is 13.2. The Balaban J connectivity index is 1.85. The van der Waals surface area contributed by atoms with Crippen LogP contribution < -0.4 is 5.56 Å². The minimum Gasteiger partial charge on any atom is -0.465 e. The molecule has 0 saturated heterocycles. The van der Waals surface area contributed by atoms with E-state index in [9.17, 15) is 19.5 Å². The molecule has 8 nitrogen and oxygen atoms in total.